The first-order valence-corrected chi connectivity index (χ1v) is 11.8. The van der Waals surface area contributed by atoms with Crippen molar-refractivity contribution in [3.63, 3.8) is 0 Å². The Bertz CT molecular complexity index is 1300. The number of nitriles is 1. The van der Waals surface area contributed by atoms with Gasteiger partial charge in [0, 0.05) is 48.2 Å². The number of rotatable bonds is 3. The molecule has 3 aromatic rings. The van der Waals surface area contributed by atoms with E-state index < -0.39 is 12.0 Å². The minimum Gasteiger partial charge on any atom is -0.398 e. The van der Waals surface area contributed by atoms with Gasteiger partial charge < -0.3 is 20.6 Å². The van der Waals surface area contributed by atoms with Crippen molar-refractivity contribution in [1.82, 2.24) is 19.5 Å². The Morgan fingerprint density at radius 3 is 2.88 bits per heavy atom. The number of nitrogens with two attached hydrogens (primary N) is 1. The first-order valence-electron chi connectivity index (χ1n) is 11.4. The Morgan fingerprint density at radius 2 is 2.12 bits per heavy atom. The van der Waals surface area contributed by atoms with Gasteiger partial charge in [0.1, 0.15) is 5.82 Å². The second-order valence-corrected chi connectivity index (χ2v) is 9.51. The maximum atomic E-state index is 13.4. The fourth-order valence-corrected chi connectivity index (χ4v) is 5.11. The number of benzene rings is 1. The number of amides is 1. The highest BCUT2D eigenvalue weighted by Crippen LogP contribution is 2.34. The minimum atomic E-state index is -0.691. The zero-order valence-electron chi connectivity index (χ0n) is 18.9. The van der Waals surface area contributed by atoms with Gasteiger partial charge in [-0.2, -0.15) is 10.4 Å². The van der Waals surface area contributed by atoms with E-state index in [1.165, 1.54) is 0 Å². The van der Waals surface area contributed by atoms with Gasteiger partial charge in [-0.05, 0) is 44.4 Å². The van der Waals surface area contributed by atoms with Crippen molar-refractivity contribution in [3.8, 4) is 6.07 Å². The lowest BCUT2D eigenvalue weighted by Gasteiger charge is -2.35. The van der Waals surface area contributed by atoms with Gasteiger partial charge in [-0.3, -0.25) is 4.79 Å². The number of hydrogen-bond acceptors (Lipinski definition) is 7. The number of fused-ring (bicyclic) bond motifs is 1. The van der Waals surface area contributed by atoms with Crippen molar-refractivity contribution in [3.05, 3.63) is 52.3 Å². The number of carbonyl (C=O) groups excluding carboxylic acids is 1. The summed E-state index contributed by atoms with van der Waals surface area (Å²) in [6, 6.07) is 8.82. The lowest BCUT2D eigenvalue weighted by atomic mass is 9.98. The molecule has 0 bridgehead atoms. The summed E-state index contributed by atoms with van der Waals surface area (Å²) in [5, 5.41) is 24.6. The quantitative estimate of drug-likeness (QED) is 0.553. The minimum absolute atomic E-state index is 0.153. The summed E-state index contributed by atoms with van der Waals surface area (Å²) in [5.74, 6) is 0.151. The van der Waals surface area contributed by atoms with Gasteiger partial charge in [-0.15, -0.1) is 0 Å². The Balaban J connectivity index is 1.47. The second-order valence-electron chi connectivity index (χ2n) is 9.07. The summed E-state index contributed by atoms with van der Waals surface area (Å²) in [6.45, 7) is 3.36. The van der Waals surface area contributed by atoms with Crippen LogP contribution in [0.5, 0.6) is 0 Å². The maximum absolute atomic E-state index is 13.4. The molecule has 1 aromatic carbocycles. The zero-order chi connectivity index (χ0) is 24.0. The van der Waals surface area contributed by atoms with E-state index in [0.717, 1.165) is 36.3 Å². The molecular formula is C24H26ClN7O2. The third kappa shape index (κ3) is 3.93. The number of β-amino-alcohol motifs (C(OH)–C–C–N with tert-alkyl or cyclic N) is 1. The molecule has 34 heavy (non-hydrogen) atoms. The highest BCUT2D eigenvalue weighted by molar-refractivity contribution is 6.31. The Hall–Kier alpha value is -3.35. The fraction of sp³-hybridized carbons (Fsp3) is 0.417. The van der Waals surface area contributed by atoms with Crippen LogP contribution < -0.4 is 10.6 Å². The maximum Gasteiger partial charge on any atom is 0.256 e. The summed E-state index contributed by atoms with van der Waals surface area (Å²) in [4.78, 5) is 22.0. The summed E-state index contributed by atoms with van der Waals surface area (Å²) in [6.07, 6.45) is 3.91. The van der Waals surface area contributed by atoms with Crippen molar-refractivity contribution >= 4 is 34.7 Å². The molecule has 0 spiro atoms. The monoisotopic (exact) mass is 479 g/mol. The molecule has 0 radical (unpaired) electrons. The molecule has 9 nitrogen and oxygen atoms in total. The number of aryl methyl sites for hydroxylation is 1. The number of nitrogens with zero attached hydrogens (tertiary/aromatic N) is 6. The average Bonchev–Trinajstić information content (AvgIpc) is 3.42. The number of aliphatic hydroxyl groups is 1. The molecule has 2 saturated heterocycles. The first-order chi connectivity index (χ1) is 16.4. The van der Waals surface area contributed by atoms with Crippen molar-refractivity contribution in [2.75, 3.05) is 30.3 Å². The smallest absolute Gasteiger partial charge is 0.256 e. The molecule has 2 aliphatic rings. The van der Waals surface area contributed by atoms with Crippen LogP contribution in [0.2, 0.25) is 5.02 Å². The summed E-state index contributed by atoms with van der Waals surface area (Å²) in [7, 11) is 0. The molecule has 10 heteroatoms. The van der Waals surface area contributed by atoms with E-state index >= 15 is 0 Å². The number of anilines is 2. The van der Waals surface area contributed by atoms with Gasteiger partial charge in [0.15, 0.2) is 5.65 Å². The number of hydrogen-bond donors (Lipinski definition) is 2. The van der Waals surface area contributed by atoms with Crippen LogP contribution in [0.1, 0.15) is 46.9 Å². The topological polar surface area (TPSA) is 124 Å². The molecule has 5 rings (SSSR count). The van der Waals surface area contributed by atoms with Gasteiger partial charge >= 0.3 is 0 Å². The molecule has 1 amide bonds. The number of aromatic nitrogens is 3. The third-order valence-corrected chi connectivity index (χ3v) is 6.96. The zero-order valence-corrected chi connectivity index (χ0v) is 19.6. The third-order valence-electron chi connectivity index (χ3n) is 6.73. The number of carbonyl (C=O) groups is 1. The molecule has 2 aromatic heterocycles. The molecule has 0 aliphatic carbocycles. The number of piperidine rings is 1. The Kier molecular flexibility index (Phi) is 5.80. The van der Waals surface area contributed by atoms with Crippen molar-refractivity contribution in [2.24, 2.45) is 5.92 Å². The number of aliphatic hydroxyl groups excluding tert-OH is 1. The summed E-state index contributed by atoms with van der Waals surface area (Å²) < 4.78 is 1.73. The van der Waals surface area contributed by atoms with Crippen molar-refractivity contribution in [1.29, 1.82) is 5.26 Å². The summed E-state index contributed by atoms with van der Waals surface area (Å²) >= 11 is 6.13. The van der Waals surface area contributed by atoms with Gasteiger partial charge in [-0.1, -0.05) is 11.6 Å². The predicted octanol–water partition coefficient (Wildman–Crippen LogP) is 2.96. The van der Waals surface area contributed by atoms with Crippen LogP contribution >= 0.6 is 11.6 Å². The molecule has 0 saturated carbocycles. The largest absolute Gasteiger partial charge is 0.398 e. The van der Waals surface area contributed by atoms with E-state index in [4.69, 9.17) is 27.4 Å². The SMILES string of the molecule is Cc1cn2nc(C3CCCCN3C(=O)c3cc(Cl)ccc3N)cc2nc1N1CC(O)C(C#N)C1. The summed E-state index contributed by atoms with van der Waals surface area (Å²) in [5.41, 5.74) is 9.22. The first kappa shape index (κ1) is 22.4. The lowest BCUT2D eigenvalue weighted by molar-refractivity contribution is 0.0607. The van der Waals surface area contributed by atoms with Crippen LogP contribution in [0.25, 0.3) is 5.65 Å². The van der Waals surface area contributed by atoms with Gasteiger partial charge in [0.05, 0.1) is 35.4 Å². The highest BCUT2D eigenvalue weighted by atomic mass is 35.5. The highest BCUT2D eigenvalue weighted by Gasteiger charge is 2.34. The van der Waals surface area contributed by atoms with Crippen LogP contribution in [-0.2, 0) is 0 Å². The molecule has 3 unspecified atom stereocenters. The second kappa shape index (κ2) is 8.78. The van der Waals surface area contributed by atoms with Crippen LogP contribution in [0.3, 0.4) is 0 Å². The van der Waals surface area contributed by atoms with E-state index in [9.17, 15) is 15.2 Å². The van der Waals surface area contributed by atoms with Crippen LogP contribution in [0.4, 0.5) is 11.5 Å². The average molecular weight is 480 g/mol. The van der Waals surface area contributed by atoms with E-state index in [-0.39, 0.29) is 11.9 Å². The lowest BCUT2D eigenvalue weighted by Crippen LogP contribution is -2.39. The van der Waals surface area contributed by atoms with E-state index in [2.05, 4.69) is 6.07 Å². The van der Waals surface area contributed by atoms with E-state index in [1.54, 1.807) is 22.7 Å². The van der Waals surface area contributed by atoms with Crippen LogP contribution in [-0.4, -0.2) is 56.2 Å². The van der Waals surface area contributed by atoms with Crippen molar-refractivity contribution in [2.45, 2.75) is 38.3 Å². The number of likely N-dealkylation sites (tertiary alicyclic amines) is 1. The standard InChI is InChI=1S/C24H26ClN7O2/c1-14-11-32-22(28-23(14)30-12-15(10-26)21(33)13-30)9-19(29-32)20-4-2-3-7-31(20)24(34)17-8-16(25)5-6-18(17)27/h5-6,8-9,11,15,20-21,33H,2-4,7,12-13,27H2,1H3. The molecule has 3 atom stereocenters. The van der Waals surface area contributed by atoms with Crippen LogP contribution in [0.15, 0.2) is 30.5 Å². The predicted molar refractivity (Wildman–Crippen MR) is 129 cm³/mol. The molecule has 3 N–H and O–H groups in total. The molecule has 2 aliphatic heterocycles. The molecule has 176 valence electrons. The van der Waals surface area contributed by atoms with Crippen molar-refractivity contribution < 1.29 is 9.90 Å². The van der Waals surface area contributed by atoms with Crippen LogP contribution in [0, 0.1) is 24.2 Å². The Labute approximate surface area is 202 Å². The van der Waals surface area contributed by atoms with E-state index in [1.807, 2.05) is 29.0 Å². The Morgan fingerprint density at radius 1 is 1.29 bits per heavy atom. The van der Waals surface area contributed by atoms with Gasteiger partial charge in [0.2, 0.25) is 0 Å². The fourth-order valence-electron chi connectivity index (χ4n) is 4.94. The van der Waals surface area contributed by atoms with Gasteiger partial charge in [-0.25, -0.2) is 9.50 Å². The number of nitrogen functional groups attached to an aromatic ring is 1. The normalized spacial score (nSPS) is 22.8. The number of halogens is 1. The van der Waals surface area contributed by atoms with Gasteiger partial charge in [0.25, 0.3) is 5.91 Å². The molecule has 4 heterocycles. The molecule has 2 fully saturated rings. The molecular weight excluding hydrogens is 454 g/mol. The van der Waals surface area contributed by atoms with E-state index in [0.29, 0.717) is 41.6 Å².